The van der Waals surface area contributed by atoms with Crippen molar-refractivity contribution in [3.8, 4) is 0 Å². The van der Waals surface area contributed by atoms with Crippen LogP contribution in [0.5, 0.6) is 0 Å². The molecule has 2 aliphatic rings. The van der Waals surface area contributed by atoms with Crippen LogP contribution in [0.25, 0.3) is 5.57 Å². The molecule has 1 N–H and O–H groups in total. The van der Waals surface area contributed by atoms with Crippen molar-refractivity contribution in [2.45, 2.75) is 44.9 Å². The molecule has 1 aliphatic carbocycles. The van der Waals surface area contributed by atoms with Crippen LogP contribution in [-0.4, -0.2) is 41.4 Å². The number of fused-ring (bicyclic) bond motifs is 2. The van der Waals surface area contributed by atoms with Crippen molar-refractivity contribution in [3.05, 3.63) is 62.9 Å². The van der Waals surface area contributed by atoms with Gasteiger partial charge in [0.15, 0.2) is 5.78 Å². The lowest BCUT2D eigenvalue weighted by molar-refractivity contribution is -0.137. The number of hydrogen-bond acceptors (Lipinski definition) is 4. The van der Waals surface area contributed by atoms with E-state index >= 15 is 0 Å². The highest BCUT2D eigenvalue weighted by Gasteiger charge is 2.27. The molecule has 30 heavy (non-hydrogen) atoms. The Bertz CT molecular complexity index is 939. The topological polar surface area (TPSA) is 57.6 Å². The van der Waals surface area contributed by atoms with Crippen molar-refractivity contribution in [2.75, 3.05) is 19.6 Å². The fourth-order valence-corrected chi connectivity index (χ4v) is 5.35. The Hall–Kier alpha value is -1.95. The molecule has 1 aromatic heterocycles. The number of halogens is 1. The Labute approximate surface area is 188 Å². The van der Waals surface area contributed by atoms with Crippen LogP contribution < -0.4 is 0 Å². The second-order valence-electron chi connectivity index (χ2n) is 7.95. The van der Waals surface area contributed by atoms with Gasteiger partial charge in [0.25, 0.3) is 0 Å². The fourth-order valence-electron chi connectivity index (χ4n) is 4.50. The quantitative estimate of drug-likeness (QED) is 0.600. The summed E-state index contributed by atoms with van der Waals surface area (Å²) in [7, 11) is 0. The van der Waals surface area contributed by atoms with Gasteiger partial charge in [0.2, 0.25) is 0 Å². The smallest absolute Gasteiger partial charge is 0.303 e. The number of piperidine rings is 1. The van der Waals surface area contributed by atoms with E-state index in [1.165, 1.54) is 16.7 Å². The first kappa shape index (κ1) is 22.7. The monoisotopic (exact) mass is 445 g/mol. The molecule has 1 aliphatic heterocycles. The Morgan fingerprint density at radius 3 is 2.57 bits per heavy atom. The molecule has 0 atom stereocenters. The van der Waals surface area contributed by atoms with Crippen LogP contribution in [0.1, 0.15) is 64.9 Å². The number of ketones is 1. The van der Waals surface area contributed by atoms with Crippen molar-refractivity contribution in [1.29, 1.82) is 0 Å². The summed E-state index contributed by atoms with van der Waals surface area (Å²) in [6, 6.07) is 10.5. The standard InChI is InChI=1S/C24H27NO3S.ClH/c26-21-16-18-6-3-4-7-19(18)23(20-11-15-29-24(20)21)17-9-13-25(14-10-17)12-5-1-2-8-22(27)28;/h3-4,6-7,11,15H,1-2,5,8-10,12-14,16H2,(H,27,28);1H. The van der Waals surface area contributed by atoms with Crippen molar-refractivity contribution >= 4 is 41.1 Å². The zero-order valence-corrected chi connectivity index (χ0v) is 18.7. The summed E-state index contributed by atoms with van der Waals surface area (Å²) in [5, 5.41) is 10.8. The van der Waals surface area contributed by atoms with Gasteiger partial charge in [-0.15, -0.1) is 23.7 Å². The average Bonchev–Trinajstić information content (AvgIpc) is 3.15. The van der Waals surface area contributed by atoms with Gasteiger partial charge >= 0.3 is 5.97 Å². The van der Waals surface area contributed by atoms with Crippen molar-refractivity contribution in [1.82, 2.24) is 4.90 Å². The van der Waals surface area contributed by atoms with Crippen LogP contribution in [0.15, 0.2) is 41.3 Å². The molecular formula is C24H28ClNO3S. The minimum atomic E-state index is -0.700. The number of aliphatic carboxylic acids is 1. The number of hydrogen-bond donors (Lipinski definition) is 1. The van der Waals surface area contributed by atoms with E-state index in [2.05, 4.69) is 29.2 Å². The third-order valence-electron chi connectivity index (χ3n) is 6.00. The molecule has 160 valence electrons. The maximum atomic E-state index is 12.8. The second-order valence-corrected chi connectivity index (χ2v) is 8.86. The minimum Gasteiger partial charge on any atom is -0.481 e. The first-order chi connectivity index (χ1) is 14.1. The van der Waals surface area contributed by atoms with E-state index in [0.29, 0.717) is 6.42 Å². The number of carboxylic acid groups (broad SMARTS) is 1. The van der Waals surface area contributed by atoms with Gasteiger partial charge in [-0.2, -0.15) is 0 Å². The van der Waals surface area contributed by atoms with Crippen LogP contribution in [0, 0.1) is 0 Å². The number of carboxylic acids is 1. The highest BCUT2D eigenvalue weighted by atomic mass is 35.5. The van der Waals surface area contributed by atoms with Gasteiger partial charge in [-0.1, -0.05) is 36.3 Å². The highest BCUT2D eigenvalue weighted by molar-refractivity contribution is 7.12. The summed E-state index contributed by atoms with van der Waals surface area (Å²) < 4.78 is 0. The number of carbonyl (C=O) groups is 2. The molecule has 0 radical (unpaired) electrons. The number of carbonyl (C=O) groups excluding carboxylic acids is 1. The molecule has 6 heteroatoms. The van der Waals surface area contributed by atoms with E-state index in [0.717, 1.165) is 67.7 Å². The van der Waals surface area contributed by atoms with E-state index in [4.69, 9.17) is 5.11 Å². The number of Topliss-reactive ketones (excluding diaryl/α,β-unsaturated/α-hetero) is 1. The van der Waals surface area contributed by atoms with Crippen molar-refractivity contribution < 1.29 is 14.7 Å². The van der Waals surface area contributed by atoms with Crippen LogP contribution in [-0.2, 0) is 11.2 Å². The van der Waals surface area contributed by atoms with Crippen LogP contribution in [0.2, 0.25) is 0 Å². The lowest BCUT2D eigenvalue weighted by atomic mass is 9.87. The molecule has 1 fully saturated rings. The Morgan fingerprint density at radius 1 is 1.03 bits per heavy atom. The molecule has 2 aromatic rings. The van der Waals surface area contributed by atoms with E-state index in [9.17, 15) is 9.59 Å². The molecule has 1 aromatic carbocycles. The van der Waals surface area contributed by atoms with E-state index < -0.39 is 5.97 Å². The SMILES string of the molecule is Cl.O=C(O)CCCCCN1CCC(=C2c3ccccc3CC(=O)c3sccc32)CC1. The number of benzene rings is 1. The molecule has 0 amide bonds. The van der Waals surface area contributed by atoms with E-state index in [1.807, 2.05) is 11.4 Å². The number of likely N-dealkylation sites (tertiary alicyclic amines) is 1. The Morgan fingerprint density at radius 2 is 1.80 bits per heavy atom. The number of rotatable bonds is 6. The molecule has 1 saturated heterocycles. The molecule has 0 bridgehead atoms. The molecule has 4 rings (SSSR count). The Balaban J connectivity index is 0.00000256. The predicted octanol–water partition coefficient (Wildman–Crippen LogP) is 5.45. The van der Waals surface area contributed by atoms with Crippen molar-refractivity contribution in [3.63, 3.8) is 0 Å². The van der Waals surface area contributed by atoms with Gasteiger partial charge in [-0.25, -0.2) is 0 Å². The van der Waals surface area contributed by atoms with Gasteiger partial charge < -0.3 is 10.0 Å². The minimum absolute atomic E-state index is 0. The molecule has 4 nitrogen and oxygen atoms in total. The van der Waals surface area contributed by atoms with Crippen molar-refractivity contribution in [2.24, 2.45) is 0 Å². The average molecular weight is 446 g/mol. The fraction of sp³-hybridized carbons (Fsp3) is 0.417. The molecule has 0 unspecified atom stereocenters. The summed E-state index contributed by atoms with van der Waals surface area (Å²) in [4.78, 5) is 26.8. The van der Waals surface area contributed by atoms with Crippen LogP contribution in [0.3, 0.4) is 0 Å². The first-order valence-corrected chi connectivity index (χ1v) is 11.4. The number of thiophene rings is 1. The predicted molar refractivity (Wildman–Crippen MR) is 124 cm³/mol. The maximum Gasteiger partial charge on any atom is 0.303 e. The summed E-state index contributed by atoms with van der Waals surface area (Å²) >= 11 is 1.57. The van der Waals surface area contributed by atoms with Crippen LogP contribution in [0.4, 0.5) is 0 Å². The number of unbranched alkanes of at least 4 members (excludes halogenated alkanes) is 2. The molecule has 0 spiro atoms. The normalized spacial score (nSPS) is 16.5. The number of nitrogens with zero attached hydrogens (tertiary/aromatic N) is 1. The third-order valence-corrected chi connectivity index (χ3v) is 6.96. The lowest BCUT2D eigenvalue weighted by Crippen LogP contribution is -2.32. The molecule has 0 saturated carbocycles. The van der Waals surface area contributed by atoms with Gasteiger partial charge in [0.1, 0.15) is 0 Å². The van der Waals surface area contributed by atoms with Crippen LogP contribution >= 0.6 is 23.7 Å². The first-order valence-electron chi connectivity index (χ1n) is 10.5. The lowest BCUT2D eigenvalue weighted by Gasteiger charge is -2.30. The van der Waals surface area contributed by atoms with Gasteiger partial charge in [0.05, 0.1) is 4.88 Å². The van der Waals surface area contributed by atoms with E-state index in [1.54, 1.807) is 11.3 Å². The van der Waals surface area contributed by atoms with E-state index in [-0.39, 0.29) is 24.6 Å². The molecular weight excluding hydrogens is 418 g/mol. The Kier molecular flexibility index (Phi) is 7.87. The summed E-state index contributed by atoms with van der Waals surface area (Å²) in [6.45, 7) is 3.11. The second kappa shape index (κ2) is 10.4. The largest absolute Gasteiger partial charge is 0.481 e. The highest BCUT2D eigenvalue weighted by Crippen LogP contribution is 2.40. The van der Waals surface area contributed by atoms with Gasteiger partial charge in [-0.05, 0) is 60.4 Å². The van der Waals surface area contributed by atoms with Gasteiger partial charge in [-0.3, -0.25) is 9.59 Å². The third kappa shape index (κ3) is 5.02. The summed E-state index contributed by atoms with van der Waals surface area (Å²) in [6.07, 6.45) is 5.63. The zero-order chi connectivity index (χ0) is 20.2. The van der Waals surface area contributed by atoms with Gasteiger partial charge in [0, 0.05) is 31.5 Å². The zero-order valence-electron chi connectivity index (χ0n) is 17.1. The maximum absolute atomic E-state index is 12.8. The summed E-state index contributed by atoms with van der Waals surface area (Å²) in [5.74, 6) is -0.467. The summed E-state index contributed by atoms with van der Waals surface area (Å²) in [5.41, 5.74) is 6.26. The molecule has 2 heterocycles.